The monoisotopic (exact) mass is 208 g/mol. The number of rotatable bonds is 2. The Hall–Kier alpha value is -0.900. The van der Waals surface area contributed by atoms with E-state index in [0.717, 1.165) is 12.0 Å². The van der Waals surface area contributed by atoms with Gasteiger partial charge in [-0.2, -0.15) is 4.89 Å². The van der Waals surface area contributed by atoms with Crippen molar-refractivity contribution < 1.29 is 14.9 Å². The number of hydrogen-bond donors (Lipinski definition) is 1. The molecule has 3 heteroatoms. The fourth-order valence-electron chi connectivity index (χ4n) is 2.13. The average molecular weight is 208 g/mol. The molecule has 1 atom stereocenters. The molecule has 0 bridgehead atoms. The molecule has 1 N–H and O–H groups in total. The summed E-state index contributed by atoms with van der Waals surface area (Å²) in [6.07, 6.45) is 0.869. The van der Waals surface area contributed by atoms with E-state index in [4.69, 9.17) is 9.99 Å². The summed E-state index contributed by atoms with van der Waals surface area (Å²) in [5.41, 5.74) is 2.13. The van der Waals surface area contributed by atoms with Crippen molar-refractivity contribution >= 4 is 0 Å². The van der Waals surface area contributed by atoms with Gasteiger partial charge in [0.15, 0.2) is 0 Å². The van der Waals surface area contributed by atoms with Gasteiger partial charge in [0.05, 0.1) is 6.61 Å². The number of hydrogen-bond acceptors (Lipinski definition) is 3. The van der Waals surface area contributed by atoms with E-state index >= 15 is 0 Å². The summed E-state index contributed by atoms with van der Waals surface area (Å²) in [6, 6.07) is 7.93. The summed E-state index contributed by atoms with van der Waals surface area (Å²) in [5.74, 6) is -0.932. The molecule has 0 fully saturated rings. The van der Waals surface area contributed by atoms with Crippen LogP contribution in [0.15, 0.2) is 24.3 Å². The predicted octanol–water partition coefficient (Wildman–Crippen LogP) is 2.56. The van der Waals surface area contributed by atoms with E-state index in [1.807, 2.05) is 38.1 Å². The second-order valence-corrected chi connectivity index (χ2v) is 4.17. The van der Waals surface area contributed by atoms with Crippen molar-refractivity contribution in [3.63, 3.8) is 0 Å². The zero-order valence-corrected chi connectivity index (χ0v) is 9.06. The van der Waals surface area contributed by atoms with Crippen molar-refractivity contribution in [2.45, 2.75) is 26.1 Å². The van der Waals surface area contributed by atoms with Crippen molar-refractivity contribution in [3.8, 4) is 0 Å². The molecule has 1 aromatic rings. The van der Waals surface area contributed by atoms with Gasteiger partial charge < -0.3 is 4.74 Å². The molecule has 0 spiro atoms. The van der Waals surface area contributed by atoms with E-state index in [0.29, 0.717) is 6.61 Å². The Kier molecular flexibility index (Phi) is 2.78. The lowest BCUT2D eigenvalue weighted by Gasteiger charge is -2.38. The van der Waals surface area contributed by atoms with E-state index in [9.17, 15) is 0 Å². The Labute approximate surface area is 89.6 Å². The van der Waals surface area contributed by atoms with Crippen LogP contribution in [0.25, 0.3) is 0 Å². The highest BCUT2D eigenvalue weighted by Crippen LogP contribution is 2.39. The van der Waals surface area contributed by atoms with Crippen LogP contribution < -0.4 is 0 Å². The lowest BCUT2D eigenvalue weighted by molar-refractivity contribution is -0.430. The SMILES string of the molecule is CC(C)C1(OO)OCCc2ccccc21. The maximum Gasteiger partial charge on any atom is 0.230 e. The summed E-state index contributed by atoms with van der Waals surface area (Å²) >= 11 is 0. The van der Waals surface area contributed by atoms with E-state index in [1.165, 1.54) is 5.56 Å². The lowest BCUT2D eigenvalue weighted by Crippen LogP contribution is -2.42. The van der Waals surface area contributed by atoms with E-state index in [2.05, 4.69) is 4.89 Å². The average Bonchev–Trinajstić information content (AvgIpc) is 2.28. The van der Waals surface area contributed by atoms with Gasteiger partial charge in [-0.3, -0.25) is 0 Å². The third kappa shape index (κ3) is 1.57. The highest BCUT2D eigenvalue weighted by atomic mass is 17.1. The molecule has 0 radical (unpaired) electrons. The molecule has 3 nitrogen and oxygen atoms in total. The first kappa shape index (κ1) is 10.6. The Bertz CT molecular complexity index is 348. The van der Waals surface area contributed by atoms with Gasteiger partial charge in [0, 0.05) is 11.5 Å². The molecule has 15 heavy (non-hydrogen) atoms. The molecule has 1 aliphatic rings. The topological polar surface area (TPSA) is 38.7 Å². The van der Waals surface area contributed by atoms with Crippen LogP contribution in [0.1, 0.15) is 25.0 Å². The predicted molar refractivity (Wildman–Crippen MR) is 56.3 cm³/mol. The molecule has 0 saturated heterocycles. The van der Waals surface area contributed by atoms with Gasteiger partial charge in [0.2, 0.25) is 5.79 Å². The molecule has 1 heterocycles. The summed E-state index contributed by atoms with van der Waals surface area (Å²) in [6.45, 7) is 4.52. The molecular formula is C12H16O3. The quantitative estimate of drug-likeness (QED) is 0.599. The normalized spacial score (nSPS) is 25.3. The third-order valence-electron chi connectivity index (χ3n) is 2.98. The molecule has 0 saturated carbocycles. The van der Waals surface area contributed by atoms with Gasteiger partial charge in [-0.15, -0.1) is 0 Å². The Morgan fingerprint density at radius 2 is 2.13 bits per heavy atom. The molecule has 0 aromatic heterocycles. The maximum absolute atomic E-state index is 9.13. The second kappa shape index (κ2) is 3.93. The van der Waals surface area contributed by atoms with E-state index in [-0.39, 0.29) is 5.92 Å². The summed E-state index contributed by atoms with van der Waals surface area (Å²) in [5, 5.41) is 9.13. The molecule has 0 aliphatic carbocycles. The van der Waals surface area contributed by atoms with E-state index < -0.39 is 5.79 Å². The minimum atomic E-state index is -0.991. The zero-order valence-electron chi connectivity index (χ0n) is 9.06. The fourth-order valence-corrected chi connectivity index (χ4v) is 2.13. The number of ether oxygens (including phenoxy) is 1. The van der Waals surface area contributed by atoms with Crippen LogP contribution in [0.4, 0.5) is 0 Å². The molecule has 1 unspecified atom stereocenters. The van der Waals surface area contributed by atoms with Gasteiger partial charge in [0.1, 0.15) is 0 Å². The van der Waals surface area contributed by atoms with Crippen LogP contribution in [0.5, 0.6) is 0 Å². The van der Waals surface area contributed by atoms with Crippen LogP contribution >= 0.6 is 0 Å². The Balaban J connectivity index is 2.52. The highest BCUT2D eigenvalue weighted by molar-refractivity contribution is 5.33. The summed E-state index contributed by atoms with van der Waals surface area (Å²) in [7, 11) is 0. The van der Waals surface area contributed by atoms with Crippen LogP contribution in [-0.2, 0) is 21.8 Å². The first-order valence-electron chi connectivity index (χ1n) is 5.25. The number of fused-ring (bicyclic) bond motifs is 1. The number of benzene rings is 1. The van der Waals surface area contributed by atoms with Gasteiger partial charge in [-0.1, -0.05) is 38.1 Å². The second-order valence-electron chi connectivity index (χ2n) is 4.17. The van der Waals surface area contributed by atoms with Gasteiger partial charge in [-0.25, -0.2) is 5.26 Å². The Morgan fingerprint density at radius 3 is 2.80 bits per heavy atom. The molecule has 1 aliphatic heterocycles. The summed E-state index contributed by atoms with van der Waals surface area (Å²) in [4.78, 5) is 4.64. The largest absolute Gasteiger partial charge is 0.343 e. The van der Waals surface area contributed by atoms with Crippen LogP contribution in [-0.4, -0.2) is 11.9 Å². The van der Waals surface area contributed by atoms with Gasteiger partial charge in [0.25, 0.3) is 0 Å². The molecule has 2 rings (SSSR count). The van der Waals surface area contributed by atoms with E-state index in [1.54, 1.807) is 0 Å². The first-order chi connectivity index (χ1) is 7.20. The van der Waals surface area contributed by atoms with Crippen molar-refractivity contribution in [1.29, 1.82) is 0 Å². The van der Waals surface area contributed by atoms with Gasteiger partial charge >= 0.3 is 0 Å². The maximum atomic E-state index is 9.13. The van der Waals surface area contributed by atoms with Crippen LogP contribution in [0, 0.1) is 5.92 Å². The molecular weight excluding hydrogens is 192 g/mol. The minimum absolute atomic E-state index is 0.0592. The highest BCUT2D eigenvalue weighted by Gasteiger charge is 2.42. The zero-order chi connectivity index (χ0) is 10.9. The van der Waals surface area contributed by atoms with Crippen molar-refractivity contribution in [1.82, 2.24) is 0 Å². The van der Waals surface area contributed by atoms with Crippen molar-refractivity contribution in [3.05, 3.63) is 35.4 Å². The minimum Gasteiger partial charge on any atom is -0.343 e. The van der Waals surface area contributed by atoms with Crippen molar-refractivity contribution in [2.24, 2.45) is 5.92 Å². The van der Waals surface area contributed by atoms with Crippen LogP contribution in [0.3, 0.4) is 0 Å². The smallest absolute Gasteiger partial charge is 0.230 e. The first-order valence-corrected chi connectivity index (χ1v) is 5.25. The van der Waals surface area contributed by atoms with Crippen molar-refractivity contribution in [2.75, 3.05) is 6.61 Å². The molecule has 0 amide bonds. The third-order valence-corrected chi connectivity index (χ3v) is 2.98. The summed E-state index contributed by atoms with van der Waals surface area (Å²) < 4.78 is 5.63. The Morgan fingerprint density at radius 1 is 1.40 bits per heavy atom. The van der Waals surface area contributed by atoms with Gasteiger partial charge in [-0.05, 0) is 12.0 Å². The lowest BCUT2D eigenvalue weighted by atomic mass is 9.88. The molecule has 1 aromatic carbocycles. The standard InChI is InChI=1S/C12H16O3/c1-9(2)12(15-13)11-6-4-3-5-10(11)7-8-14-12/h3-6,9,13H,7-8H2,1-2H3. The molecule has 82 valence electrons. The van der Waals surface area contributed by atoms with Crippen LogP contribution in [0.2, 0.25) is 0 Å². The fraction of sp³-hybridized carbons (Fsp3) is 0.500.